The van der Waals surface area contributed by atoms with E-state index < -0.39 is 14.7 Å². The van der Waals surface area contributed by atoms with E-state index in [1.165, 1.54) is 0 Å². The van der Waals surface area contributed by atoms with Crippen molar-refractivity contribution in [1.82, 2.24) is 0 Å². The Balaban J connectivity index is 2.21. The minimum Gasteiger partial charge on any atom is -0.506 e. The number of aliphatic hydroxyl groups excluding tert-OH is 1. The predicted molar refractivity (Wildman–Crippen MR) is 93.2 cm³/mol. The average molecular weight is 343 g/mol. The molecule has 1 aromatic carbocycles. The number of nitrogens with one attached hydrogen (secondary N) is 1. The summed E-state index contributed by atoms with van der Waals surface area (Å²) in [4.78, 5) is 0. The number of ether oxygens (including phenoxy) is 1. The molecular weight excluding hydrogens is 314 g/mol. The molecule has 1 aromatic rings. The highest BCUT2D eigenvalue weighted by molar-refractivity contribution is 6.65. The molecule has 0 bridgehead atoms. The first-order chi connectivity index (χ1) is 10.9. The molecule has 0 aromatic heterocycles. The quantitative estimate of drug-likeness (QED) is 0.325. The lowest BCUT2D eigenvalue weighted by Gasteiger charge is -2.22. The summed E-state index contributed by atoms with van der Waals surface area (Å²) in [6, 6.07) is 6.15. The van der Waals surface area contributed by atoms with Gasteiger partial charge in [-0.15, -0.1) is 0 Å². The zero-order valence-electron chi connectivity index (χ0n) is 14.5. The second-order valence-electron chi connectivity index (χ2n) is 5.72. The monoisotopic (exact) mass is 343 g/mol. The maximum Gasteiger partial charge on any atom is 0.334 e. The van der Waals surface area contributed by atoms with E-state index in [4.69, 9.17) is 13.6 Å². The van der Waals surface area contributed by atoms with Crippen LogP contribution in [0, 0.1) is 6.92 Å². The van der Waals surface area contributed by atoms with Crippen LogP contribution in [0.1, 0.15) is 12.0 Å². The number of hydrogen-bond donors (Lipinski definition) is 3. The Kier molecular flexibility index (Phi) is 8.57. The van der Waals surface area contributed by atoms with Crippen LogP contribution in [0.2, 0.25) is 12.6 Å². The smallest absolute Gasteiger partial charge is 0.334 e. The molecule has 0 amide bonds. The van der Waals surface area contributed by atoms with Crippen molar-refractivity contribution in [1.29, 1.82) is 0 Å². The first kappa shape index (κ1) is 19.9. The van der Waals surface area contributed by atoms with Crippen LogP contribution < -0.4 is 5.32 Å². The molecule has 6 nitrogen and oxygen atoms in total. The molecule has 1 atom stereocenters. The highest BCUT2D eigenvalue weighted by atomic mass is 28.4. The maximum atomic E-state index is 9.93. The zero-order chi connectivity index (χ0) is 17.3. The molecular formula is C16H29NO5Si. The summed E-state index contributed by atoms with van der Waals surface area (Å²) in [6.07, 6.45) is 0.200. The molecule has 0 aliphatic heterocycles. The number of aromatic hydroxyl groups is 1. The zero-order valence-corrected chi connectivity index (χ0v) is 15.5. The van der Waals surface area contributed by atoms with E-state index in [0.717, 1.165) is 18.0 Å². The van der Waals surface area contributed by atoms with E-state index in [9.17, 15) is 10.2 Å². The first-order valence-electron chi connectivity index (χ1n) is 7.80. The highest BCUT2D eigenvalue weighted by Crippen LogP contribution is 2.26. The number of rotatable bonds is 11. The fourth-order valence-corrected chi connectivity index (χ4v) is 3.52. The van der Waals surface area contributed by atoms with Gasteiger partial charge in [0.2, 0.25) is 0 Å². The molecule has 23 heavy (non-hydrogen) atoms. The summed E-state index contributed by atoms with van der Waals surface area (Å²) in [6.45, 7) is 5.04. The summed E-state index contributed by atoms with van der Waals surface area (Å²) in [5.74, 6) is 0.182. The van der Waals surface area contributed by atoms with Crippen LogP contribution in [-0.2, 0) is 13.6 Å². The van der Waals surface area contributed by atoms with Crippen molar-refractivity contribution in [2.45, 2.75) is 32.0 Å². The normalized spacial score (nSPS) is 13.1. The van der Waals surface area contributed by atoms with Crippen LogP contribution in [-0.4, -0.2) is 58.9 Å². The molecule has 0 saturated heterocycles. The summed E-state index contributed by atoms with van der Waals surface area (Å²) in [5, 5.41) is 22.8. The van der Waals surface area contributed by atoms with Crippen molar-refractivity contribution in [2.24, 2.45) is 0 Å². The molecule has 132 valence electrons. The van der Waals surface area contributed by atoms with E-state index in [1.807, 2.05) is 19.5 Å². The van der Waals surface area contributed by atoms with Gasteiger partial charge in [0.15, 0.2) is 0 Å². The third kappa shape index (κ3) is 6.88. The standard InChI is InChI=1S/C16H29NO5Si/c1-13-7-5-8-15(19)16(13)17-11-14(18)12-22-9-6-10-23(4,20-2)21-3/h5,7-8,14,17-19H,6,9-12H2,1-4H3. The third-order valence-electron chi connectivity index (χ3n) is 3.86. The molecule has 0 aliphatic rings. The lowest BCUT2D eigenvalue weighted by molar-refractivity contribution is 0.0429. The van der Waals surface area contributed by atoms with Crippen LogP contribution in [0.25, 0.3) is 0 Å². The Morgan fingerprint density at radius 1 is 1.26 bits per heavy atom. The predicted octanol–water partition coefficient (Wildman–Crippen LogP) is 2.24. The van der Waals surface area contributed by atoms with E-state index >= 15 is 0 Å². The Bertz CT molecular complexity index is 448. The van der Waals surface area contributed by atoms with Gasteiger partial charge in [0.05, 0.1) is 18.4 Å². The number of aryl methyl sites for hydroxylation is 1. The van der Waals surface area contributed by atoms with E-state index in [-0.39, 0.29) is 12.4 Å². The number of benzene rings is 1. The number of para-hydroxylation sites is 1. The van der Waals surface area contributed by atoms with Gasteiger partial charge in [-0.1, -0.05) is 12.1 Å². The van der Waals surface area contributed by atoms with Gasteiger partial charge in [0, 0.05) is 27.4 Å². The van der Waals surface area contributed by atoms with E-state index in [1.54, 1.807) is 26.4 Å². The number of phenolic OH excluding ortho intramolecular Hbond substituents is 1. The second kappa shape index (κ2) is 9.89. The van der Waals surface area contributed by atoms with Gasteiger partial charge < -0.3 is 29.1 Å². The van der Waals surface area contributed by atoms with Crippen molar-refractivity contribution in [3.8, 4) is 5.75 Å². The van der Waals surface area contributed by atoms with Crippen LogP contribution in [0.15, 0.2) is 18.2 Å². The summed E-state index contributed by atoms with van der Waals surface area (Å²) in [7, 11) is 1.32. The fraction of sp³-hybridized carbons (Fsp3) is 0.625. The molecule has 1 unspecified atom stereocenters. The minimum atomic E-state index is -2.03. The Labute approximate surface area is 139 Å². The number of anilines is 1. The molecule has 0 radical (unpaired) electrons. The van der Waals surface area contributed by atoms with Gasteiger partial charge in [-0.25, -0.2) is 0 Å². The number of hydrogen-bond acceptors (Lipinski definition) is 6. The third-order valence-corrected chi connectivity index (χ3v) is 6.85. The summed E-state index contributed by atoms with van der Waals surface area (Å²) >= 11 is 0. The Morgan fingerprint density at radius 2 is 1.96 bits per heavy atom. The number of phenols is 1. The SMILES string of the molecule is CO[Si](C)(CCCOCC(O)CNc1c(C)cccc1O)OC. The Hall–Kier alpha value is -1.12. The minimum absolute atomic E-state index is 0.182. The van der Waals surface area contributed by atoms with Crippen molar-refractivity contribution < 1.29 is 23.8 Å². The molecule has 0 aliphatic carbocycles. The molecule has 0 fully saturated rings. The molecule has 3 N–H and O–H groups in total. The molecule has 1 rings (SSSR count). The van der Waals surface area contributed by atoms with Gasteiger partial charge in [-0.3, -0.25) is 0 Å². The van der Waals surface area contributed by atoms with Gasteiger partial charge >= 0.3 is 8.56 Å². The molecule has 0 heterocycles. The van der Waals surface area contributed by atoms with Crippen molar-refractivity contribution in [2.75, 3.05) is 39.3 Å². The molecule has 0 spiro atoms. The van der Waals surface area contributed by atoms with Gasteiger partial charge in [0.25, 0.3) is 0 Å². The summed E-state index contributed by atoms with van der Waals surface area (Å²) in [5.41, 5.74) is 1.58. The maximum absolute atomic E-state index is 9.93. The van der Waals surface area contributed by atoms with E-state index in [2.05, 4.69) is 5.32 Å². The lowest BCUT2D eigenvalue weighted by atomic mass is 10.2. The van der Waals surface area contributed by atoms with Crippen LogP contribution in [0.5, 0.6) is 5.75 Å². The van der Waals surface area contributed by atoms with Crippen LogP contribution in [0.4, 0.5) is 5.69 Å². The first-order valence-corrected chi connectivity index (χ1v) is 10.3. The largest absolute Gasteiger partial charge is 0.506 e. The van der Waals surface area contributed by atoms with Gasteiger partial charge in [-0.05, 0) is 37.6 Å². The average Bonchev–Trinajstić information content (AvgIpc) is 2.53. The van der Waals surface area contributed by atoms with Crippen LogP contribution in [0.3, 0.4) is 0 Å². The van der Waals surface area contributed by atoms with E-state index in [0.29, 0.717) is 18.8 Å². The fourth-order valence-electron chi connectivity index (χ4n) is 2.16. The van der Waals surface area contributed by atoms with Gasteiger partial charge in [-0.2, -0.15) is 0 Å². The Morgan fingerprint density at radius 3 is 2.57 bits per heavy atom. The van der Waals surface area contributed by atoms with Crippen molar-refractivity contribution in [3.63, 3.8) is 0 Å². The molecule has 0 saturated carbocycles. The second-order valence-corrected chi connectivity index (χ2v) is 9.31. The van der Waals surface area contributed by atoms with Crippen molar-refractivity contribution in [3.05, 3.63) is 23.8 Å². The highest BCUT2D eigenvalue weighted by Gasteiger charge is 2.27. The summed E-state index contributed by atoms with van der Waals surface area (Å²) < 4.78 is 16.3. The van der Waals surface area contributed by atoms with Gasteiger partial charge in [0.1, 0.15) is 5.75 Å². The van der Waals surface area contributed by atoms with Crippen LogP contribution >= 0.6 is 0 Å². The molecule has 7 heteroatoms. The topological polar surface area (TPSA) is 80.2 Å². The lowest BCUT2D eigenvalue weighted by Crippen LogP contribution is -2.36. The number of aliphatic hydroxyl groups is 1. The van der Waals surface area contributed by atoms with Crippen molar-refractivity contribution >= 4 is 14.2 Å².